The molecule has 21 heavy (non-hydrogen) atoms. The Kier molecular flexibility index (Phi) is 4.47. The molecule has 1 N–H and O–H groups in total. The molecule has 0 saturated heterocycles. The molecule has 0 aliphatic heterocycles. The fourth-order valence-corrected chi connectivity index (χ4v) is 1.74. The fourth-order valence-electron chi connectivity index (χ4n) is 1.74. The van der Waals surface area contributed by atoms with E-state index in [9.17, 15) is 18.0 Å². The average molecular weight is 295 g/mol. The third-order valence-corrected chi connectivity index (χ3v) is 2.72. The third kappa shape index (κ3) is 4.24. The van der Waals surface area contributed by atoms with Gasteiger partial charge in [0.25, 0.3) is 0 Å². The van der Waals surface area contributed by atoms with E-state index in [1.165, 1.54) is 36.6 Å². The zero-order valence-electron chi connectivity index (χ0n) is 10.9. The fraction of sp³-hybridized carbons (Fsp3) is 0.133. The molecule has 0 fully saturated rings. The first-order valence-electron chi connectivity index (χ1n) is 6.11. The van der Waals surface area contributed by atoms with Gasteiger partial charge >= 0.3 is 6.18 Å². The number of rotatable bonds is 4. The van der Waals surface area contributed by atoms with Crippen molar-refractivity contribution in [2.45, 2.75) is 12.7 Å². The Morgan fingerprint density at radius 3 is 2.62 bits per heavy atom. The lowest BCUT2D eigenvalue weighted by Gasteiger charge is -2.12. The molecule has 2 aromatic rings. The molecule has 3 nitrogen and oxygen atoms in total. The van der Waals surface area contributed by atoms with Crippen molar-refractivity contribution in [2.75, 3.05) is 0 Å². The standard InChI is InChI=1S/C15H12F3NO2/c16-15(17,18)13-6-2-1-4-11(13)10-19-14(20)8-7-12-5-3-9-21-12/h1-9H,10H2,(H,19,20). The zero-order valence-corrected chi connectivity index (χ0v) is 10.9. The van der Waals surface area contributed by atoms with Crippen molar-refractivity contribution < 1.29 is 22.4 Å². The molecule has 0 radical (unpaired) electrons. The molecule has 0 spiro atoms. The van der Waals surface area contributed by atoms with Gasteiger partial charge in [0.15, 0.2) is 0 Å². The molecule has 1 amide bonds. The van der Waals surface area contributed by atoms with Gasteiger partial charge in [-0.05, 0) is 29.8 Å². The van der Waals surface area contributed by atoms with Crippen LogP contribution in [-0.2, 0) is 17.5 Å². The Morgan fingerprint density at radius 1 is 1.19 bits per heavy atom. The summed E-state index contributed by atoms with van der Waals surface area (Å²) in [7, 11) is 0. The summed E-state index contributed by atoms with van der Waals surface area (Å²) in [4.78, 5) is 11.6. The first kappa shape index (κ1) is 14.9. The second kappa shape index (κ2) is 6.30. The highest BCUT2D eigenvalue weighted by Crippen LogP contribution is 2.31. The monoisotopic (exact) mass is 295 g/mol. The van der Waals surface area contributed by atoms with Crippen LogP contribution in [0.3, 0.4) is 0 Å². The number of benzene rings is 1. The molecule has 1 aromatic heterocycles. The number of hydrogen-bond donors (Lipinski definition) is 1. The molecule has 0 saturated carbocycles. The van der Waals surface area contributed by atoms with Crippen LogP contribution in [0.2, 0.25) is 0 Å². The van der Waals surface area contributed by atoms with E-state index in [2.05, 4.69) is 5.32 Å². The molecular weight excluding hydrogens is 283 g/mol. The van der Waals surface area contributed by atoms with E-state index in [0.717, 1.165) is 6.07 Å². The van der Waals surface area contributed by atoms with Crippen LogP contribution in [0.25, 0.3) is 6.08 Å². The van der Waals surface area contributed by atoms with Crippen molar-refractivity contribution in [1.29, 1.82) is 0 Å². The van der Waals surface area contributed by atoms with Crippen LogP contribution in [0.1, 0.15) is 16.9 Å². The molecule has 6 heteroatoms. The lowest BCUT2D eigenvalue weighted by molar-refractivity contribution is -0.138. The number of furan rings is 1. The summed E-state index contributed by atoms with van der Waals surface area (Å²) >= 11 is 0. The van der Waals surface area contributed by atoms with Gasteiger partial charge in [-0.2, -0.15) is 13.2 Å². The van der Waals surface area contributed by atoms with E-state index in [-0.39, 0.29) is 12.1 Å². The summed E-state index contributed by atoms with van der Waals surface area (Å²) in [6.45, 7) is -0.197. The summed E-state index contributed by atoms with van der Waals surface area (Å²) in [5.74, 6) is -0.00998. The Bertz CT molecular complexity index is 631. The third-order valence-electron chi connectivity index (χ3n) is 2.72. The van der Waals surface area contributed by atoms with Crippen LogP contribution in [0.15, 0.2) is 53.2 Å². The number of carbonyl (C=O) groups is 1. The van der Waals surface area contributed by atoms with E-state index in [1.54, 1.807) is 12.1 Å². The predicted octanol–water partition coefficient (Wildman–Crippen LogP) is 3.63. The highest BCUT2D eigenvalue weighted by Gasteiger charge is 2.32. The first-order valence-corrected chi connectivity index (χ1v) is 6.11. The smallest absolute Gasteiger partial charge is 0.416 e. The largest absolute Gasteiger partial charge is 0.465 e. The normalized spacial score (nSPS) is 11.8. The lowest BCUT2D eigenvalue weighted by Crippen LogP contribution is -2.22. The molecule has 2 rings (SSSR count). The molecule has 1 heterocycles. The number of amides is 1. The Morgan fingerprint density at radius 2 is 1.95 bits per heavy atom. The van der Waals surface area contributed by atoms with Crippen molar-refractivity contribution in [1.82, 2.24) is 5.32 Å². The Balaban J connectivity index is 1.99. The first-order chi connectivity index (χ1) is 9.97. The lowest BCUT2D eigenvalue weighted by atomic mass is 10.1. The predicted molar refractivity (Wildman–Crippen MR) is 71.0 cm³/mol. The second-order valence-corrected chi connectivity index (χ2v) is 4.22. The van der Waals surface area contributed by atoms with Crippen molar-refractivity contribution in [3.8, 4) is 0 Å². The minimum Gasteiger partial charge on any atom is -0.465 e. The van der Waals surface area contributed by atoms with Crippen LogP contribution in [0, 0.1) is 0 Å². The van der Waals surface area contributed by atoms with Gasteiger partial charge in [-0.1, -0.05) is 18.2 Å². The average Bonchev–Trinajstić information content (AvgIpc) is 2.95. The van der Waals surface area contributed by atoms with E-state index < -0.39 is 17.6 Å². The van der Waals surface area contributed by atoms with E-state index in [4.69, 9.17) is 4.42 Å². The summed E-state index contributed by atoms with van der Waals surface area (Å²) in [5.41, 5.74) is -0.731. The number of alkyl halides is 3. The van der Waals surface area contributed by atoms with Crippen LogP contribution in [0.4, 0.5) is 13.2 Å². The van der Waals surface area contributed by atoms with Crippen LogP contribution < -0.4 is 5.32 Å². The summed E-state index contributed by atoms with van der Waals surface area (Å²) in [5, 5.41) is 2.41. The topological polar surface area (TPSA) is 42.2 Å². The van der Waals surface area contributed by atoms with Gasteiger partial charge in [-0.15, -0.1) is 0 Å². The number of halogens is 3. The van der Waals surface area contributed by atoms with Gasteiger partial charge < -0.3 is 9.73 Å². The maximum absolute atomic E-state index is 12.8. The molecule has 0 bridgehead atoms. The van der Waals surface area contributed by atoms with Gasteiger partial charge in [-0.3, -0.25) is 4.79 Å². The summed E-state index contributed by atoms with van der Waals surface area (Å²) in [6, 6.07) is 8.44. The van der Waals surface area contributed by atoms with Gasteiger partial charge in [0.2, 0.25) is 5.91 Å². The van der Waals surface area contributed by atoms with Crippen molar-refractivity contribution in [3.63, 3.8) is 0 Å². The molecule has 110 valence electrons. The van der Waals surface area contributed by atoms with E-state index >= 15 is 0 Å². The van der Waals surface area contributed by atoms with E-state index in [0.29, 0.717) is 5.76 Å². The highest BCUT2D eigenvalue weighted by molar-refractivity contribution is 5.91. The number of hydrogen-bond acceptors (Lipinski definition) is 2. The minimum atomic E-state index is -4.44. The zero-order chi connectivity index (χ0) is 15.3. The molecule has 1 aromatic carbocycles. The number of nitrogens with one attached hydrogen (secondary N) is 1. The SMILES string of the molecule is O=C(C=Cc1ccco1)NCc1ccccc1C(F)(F)F. The van der Waals surface area contributed by atoms with Gasteiger partial charge in [0, 0.05) is 12.6 Å². The molecule has 0 unspecified atom stereocenters. The maximum atomic E-state index is 12.8. The van der Waals surface area contributed by atoms with Crippen LogP contribution >= 0.6 is 0 Å². The molecule has 0 aliphatic carbocycles. The van der Waals surface area contributed by atoms with Gasteiger partial charge in [-0.25, -0.2) is 0 Å². The molecule has 0 atom stereocenters. The summed E-state index contributed by atoms with van der Waals surface area (Å²) in [6.07, 6.45) is -0.345. The highest BCUT2D eigenvalue weighted by atomic mass is 19.4. The van der Waals surface area contributed by atoms with Crippen LogP contribution in [0.5, 0.6) is 0 Å². The second-order valence-electron chi connectivity index (χ2n) is 4.22. The van der Waals surface area contributed by atoms with Crippen molar-refractivity contribution in [3.05, 3.63) is 65.6 Å². The van der Waals surface area contributed by atoms with Gasteiger partial charge in [0.05, 0.1) is 11.8 Å². The maximum Gasteiger partial charge on any atom is 0.416 e. The number of carbonyl (C=O) groups excluding carboxylic acids is 1. The van der Waals surface area contributed by atoms with Crippen molar-refractivity contribution in [2.24, 2.45) is 0 Å². The summed E-state index contributed by atoms with van der Waals surface area (Å²) < 4.78 is 43.3. The molecular formula is C15H12F3NO2. The van der Waals surface area contributed by atoms with E-state index in [1.807, 2.05) is 0 Å². The minimum absolute atomic E-state index is 0.0183. The van der Waals surface area contributed by atoms with Crippen molar-refractivity contribution >= 4 is 12.0 Å². The van der Waals surface area contributed by atoms with Crippen LogP contribution in [-0.4, -0.2) is 5.91 Å². The van der Waals surface area contributed by atoms with Gasteiger partial charge in [0.1, 0.15) is 5.76 Å². The quantitative estimate of drug-likeness (QED) is 0.875. The molecule has 0 aliphatic rings. The Labute approximate surface area is 119 Å². The Hall–Kier alpha value is -2.50.